The molecule has 180 valence electrons. The molecule has 0 aliphatic heterocycles. The number of hydrogen-bond donors (Lipinski definition) is 0. The number of aryl methyl sites for hydroxylation is 2. The fraction of sp³-hybridized carbons (Fsp3) is 0.118. The molecule has 0 aliphatic rings. The summed E-state index contributed by atoms with van der Waals surface area (Å²) in [6.45, 7) is 1.23. The minimum absolute atomic E-state index is 0.509. The summed E-state index contributed by atoms with van der Waals surface area (Å²) in [5.41, 5.74) is 3.74. The Bertz CT molecular complexity index is 1310. The van der Waals surface area contributed by atoms with E-state index in [4.69, 9.17) is 4.52 Å². The van der Waals surface area contributed by atoms with Crippen LogP contribution in [0.4, 0.5) is 0 Å². The quantitative estimate of drug-likeness (QED) is 0.217. The molecule has 0 spiro atoms. The Labute approximate surface area is 215 Å². The van der Waals surface area contributed by atoms with Gasteiger partial charge in [0.05, 0.1) is 0 Å². The van der Waals surface area contributed by atoms with Crippen molar-refractivity contribution < 1.29 is 4.52 Å². The van der Waals surface area contributed by atoms with E-state index in [1.165, 1.54) is 37.9 Å². The standard InChI is InChI=1S/C34H33OP/c1-3-30-15-13-14-22-34(30)36(31-16-7-4-8-17-31,32-18-9-5-10-19-32,33-20-11-6-12-21-33)35-27-29-25-23-28(2)24-26-29/h4-26H,3,27H2,1-2H3. The Morgan fingerprint density at radius 2 is 0.972 bits per heavy atom. The van der Waals surface area contributed by atoms with Gasteiger partial charge in [-0.2, -0.15) is 0 Å². The molecular formula is C34H33OP. The molecule has 0 fully saturated rings. The second-order valence-corrected chi connectivity index (χ2v) is 13.6. The van der Waals surface area contributed by atoms with Crippen LogP contribution in [0.2, 0.25) is 0 Å². The second-order valence-electron chi connectivity index (χ2n) is 9.28. The molecule has 0 heterocycles. The van der Waals surface area contributed by atoms with E-state index < -0.39 is 6.83 Å². The zero-order chi connectivity index (χ0) is 24.9. The van der Waals surface area contributed by atoms with Crippen LogP contribution in [0.5, 0.6) is 0 Å². The predicted octanol–water partition coefficient (Wildman–Crippen LogP) is 6.84. The van der Waals surface area contributed by atoms with Gasteiger partial charge in [0.25, 0.3) is 0 Å². The average Bonchev–Trinajstić information content (AvgIpc) is 2.96. The summed E-state index contributed by atoms with van der Waals surface area (Å²) in [7, 11) is 0. The summed E-state index contributed by atoms with van der Waals surface area (Å²) in [5, 5.41) is 4.93. The van der Waals surface area contributed by atoms with Crippen LogP contribution < -0.4 is 21.2 Å². The fourth-order valence-electron chi connectivity index (χ4n) is 5.41. The summed E-state index contributed by atoms with van der Waals surface area (Å²) in [5.74, 6) is 0. The van der Waals surface area contributed by atoms with Crippen LogP contribution in [-0.4, -0.2) is 0 Å². The van der Waals surface area contributed by atoms with Crippen LogP contribution in [0.25, 0.3) is 0 Å². The maximum absolute atomic E-state index is 7.66. The van der Waals surface area contributed by atoms with E-state index in [0.717, 1.165) is 6.42 Å². The third-order valence-electron chi connectivity index (χ3n) is 7.19. The molecule has 0 saturated heterocycles. The molecule has 0 unspecified atom stereocenters. The van der Waals surface area contributed by atoms with Crippen molar-refractivity contribution in [2.75, 3.05) is 0 Å². The minimum atomic E-state index is -3.65. The number of benzene rings is 5. The Morgan fingerprint density at radius 3 is 1.44 bits per heavy atom. The number of rotatable bonds is 8. The predicted molar refractivity (Wildman–Crippen MR) is 157 cm³/mol. The van der Waals surface area contributed by atoms with Crippen molar-refractivity contribution in [3.63, 3.8) is 0 Å². The van der Waals surface area contributed by atoms with Gasteiger partial charge < -0.3 is 0 Å². The molecule has 2 heteroatoms. The summed E-state index contributed by atoms with van der Waals surface area (Å²) in [6, 6.07) is 50.3. The summed E-state index contributed by atoms with van der Waals surface area (Å²) >= 11 is 0. The van der Waals surface area contributed by atoms with Crippen molar-refractivity contribution in [2.45, 2.75) is 26.9 Å². The van der Waals surface area contributed by atoms with Crippen molar-refractivity contribution >= 4 is 28.0 Å². The van der Waals surface area contributed by atoms with Crippen molar-refractivity contribution in [3.8, 4) is 0 Å². The SMILES string of the molecule is CCc1ccccc1P(OCc1ccc(C)cc1)(c1ccccc1)(c1ccccc1)c1ccccc1. The first kappa shape index (κ1) is 24.2. The van der Waals surface area contributed by atoms with Gasteiger partial charge in [-0.1, -0.05) is 0 Å². The van der Waals surface area contributed by atoms with Crippen LogP contribution in [0.1, 0.15) is 23.6 Å². The van der Waals surface area contributed by atoms with E-state index in [9.17, 15) is 0 Å². The van der Waals surface area contributed by atoms with Gasteiger partial charge in [-0.05, 0) is 0 Å². The Hall–Kier alpha value is -3.51. The third-order valence-corrected chi connectivity index (χ3v) is 13.0. The van der Waals surface area contributed by atoms with Gasteiger partial charge >= 0.3 is 216 Å². The van der Waals surface area contributed by atoms with E-state index in [0.29, 0.717) is 6.61 Å². The summed E-state index contributed by atoms with van der Waals surface area (Å²) < 4.78 is 7.66. The van der Waals surface area contributed by atoms with Gasteiger partial charge in [-0.3, -0.25) is 0 Å². The van der Waals surface area contributed by atoms with E-state index >= 15 is 0 Å². The van der Waals surface area contributed by atoms with Crippen LogP contribution in [-0.2, 0) is 17.6 Å². The van der Waals surface area contributed by atoms with Crippen molar-refractivity contribution in [2.24, 2.45) is 0 Å². The molecule has 0 aromatic heterocycles. The second kappa shape index (κ2) is 10.2. The van der Waals surface area contributed by atoms with Crippen molar-refractivity contribution in [3.05, 3.63) is 156 Å². The number of hydrogen-bond acceptors (Lipinski definition) is 1. The molecule has 36 heavy (non-hydrogen) atoms. The normalized spacial score (nSPS) is 12.6. The molecule has 0 saturated carbocycles. The van der Waals surface area contributed by atoms with Crippen LogP contribution in [0.3, 0.4) is 0 Å². The molecule has 5 aromatic rings. The molecule has 0 bridgehead atoms. The Balaban J connectivity index is 1.96. The van der Waals surface area contributed by atoms with Crippen LogP contribution in [0, 0.1) is 6.92 Å². The van der Waals surface area contributed by atoms with Gasteiger partial charge in [0.2, 0.25) is 0 Å². The van der Waals surface area contributed by atoms with E-state index in [2.05, 4.69) is 153 Å². The topological polar surface area (TPSA) is 9.23 Å². The van der Waals surface area contributed by atoms with Gasteiger partial charge in [-0.15, -0.1) is 0 Å². The molecule has 0 radical (unpaired) electrons. The van der Waals surface area contributed by atoms with E-state index in [-0.39, 0.29) is 0 Å². The summed E-state index contributed by atoms with van der Waals surface area (Å²) in [6.07, 6.45) is 0.925. The molecular weight excluding hydrogens is 455 g/mol. The summed E-state index contributed by atoms with van der Waals surface area (Å²) in [4.78, 5) is 0. The molecule has 5 rings (SSSR count). The van der Waals surface area contributed by atoms with Gasteiger partial charge in [0.1, 0.15) is 0 Å². The zero-order valence-electron chi connectivity index (χ0n) is 21.0. The first-order valence-corrected chi connectivity index (χ1v) is 14.8. The fourth-order valence-corrected chi connectivity index (χ4v) is 11.5. The first-order chi connectivity index (χ1) is 17.7. The third kappa shape index (κ3) is 3.90. The Morgan fingerprint density at radius 1 is 0.528 bits per heavy atom. The molecule has 0 N–H and O–H groups in total. The average molecular weight is 489 g/mol. The molecule has 0 atom stereocenters. The van der Waals surface area contributed by atoms with Crippen molar-refractivity contribution in [1.29, 1.82) is 0 Å². The molecule has 0 aliphatic carbocycles. The molecule has 0 amide bonds. The molecule has 1 nitrogen and oxygen atoms in total. The van der Waals surface area contributed by atoms with Crippen LogP contribution >= 0.6 is 6.83 Å². The van der Waals surface area contributed by atoms with Gasteiger partial charge in [-0.25, -0.2) is 0 Å². The molecule has 5 aromatic carbocycles. The van der Waals surface area contributed by atoms with E-state index in [1.807, 2.05) is 0 Å². The van der Waals surface area contributed by atoms with Gasteiger partial charge in [0.15, 0.2) is 0 Å². The van der Waals surface area contributed by atoms with E-state index in [1.54, 1.807) is 0 Å². The maximum atomic E-state index is 7.66. The van der Waals surface area contributed by atoms with Crippen LogP contribution in [0.15, 0.2) is 140 Å². The monoisotopic (exact) mass is 488 g/mol. The zero-order valence-corrected chi connectivity index (χ0v) is 21.9. The Kier molecular flexibility index (Phi) is 6.88. The first-order valence-electron chi connectivity index (χ1n) is 12.7. The van der Waals surface area contributed by atoms with Gasteiger partial charge in [0, 0.05) is 0 Å². The van der Waals surface area contributed by atoms with Crippen molar-refractivity contribution in [1.82, 2.24) is 0 Å².